The zero-order valence-electron chi connectivity index (χ0n) is 17.5. The average Bonchev–Trinajstić information content (AvgIpc) is 3.27. The molecule has 0 radical (unpaired) electrons. The minimum atomic E-state index is -0.412. The van der Waals surface area contributed by atoms with Crippen molar-refractivity contribution < 1.29 is 13.9 Å². The van der Waals surface area contributed by atoms with E-state index in [-0.39, 0.29) is 11.9 Å². The van der Waals surface area contributed by atoms with Crippen molar-refractivity contribution in [2.24, 2.45) is 11.3 Å². The average molecular weight is 398 g/mol. The van der Waals surface area contributed by atoms with Gasteiger partial charge in [0.1, 0.15) is 0 Å². The third-order valence-electron chi connectivity index (χ3n) is 6.34. The quantitative estimate of drug-likeness (QED) is 0.698. The van der Waals surface area contributed by atoms with Gasteiger partial charge in [-0.3, -0.25) is 19.6 Å². The highest BCUT2D eigenvalue weighted by Crippen LogP contribution is 2.44. The zero-order valence-corrected chi connectivity index (χ0v) is 17.5. The number of aromatic nitrogens is 1. The third-order valence-corrected chi connectivity index (χ3v) is 6.34. The van der Waals surface area contributed by atoms with Gasteiger partial charge in [0.2, 0.25) is 0 Å². The smallest absolute Gasteiger partial charge is 0.313 e. The Morgan fingerprint density at radius 2 is 2.14 bits per heavy atom. The minimum Gasteiger partial charge on any atom is -0.472 e. The molecule has 29 heavy (non-hydrogen) atoms. The SMILES string of the molecule is CCOC(=O)[C@]12CCCN(Cc3ccoc3)C[C@H]1CN(Cc1cccc(C)n1)C2. The number of rotatable bonds is 6. The van der Waals surface area contributed by atoms with Crippen LogP contribution in [0.1, 0.15) is 36.7 Å². The van der Waals surface area contributed by atoms with E-state index >= 15 is 0 Å². The molecule has 0 unspecified atom stereocenters. The van der Waals surface area contributed by atoms with E-state index in [1.165, 1.54) is 5.56 Å². The molecule has 0 aromatic carbocycles. The lowest BCUT2D eigenvalue weighted by molar-refractivity contribution is -0.157. The second-order valence-corrected chi connectivity index (χ2v) is 8.48. The molecule has 2 aromatic heterocycles. The summed E-state index contributed by atoms with van der Waals surface area (Å²) in [6, 6.07) is 8.17. The van der Waals surface area contributed by atoms with Crippen LogP contribution in [0.4, 0.5) is 0 Å². The Balaban J connectivity index is 1.53. The van der Waals surface area contributed by atoms with Crippen LogP contribution in [0.25, 0.3) is 0 Å². The summed E-state index contributed by atoms with van der Waals surface area (Å²) in [7, 11) is 0. The Kier molecular flexibility index (Phi) is 6.01. The first-order valence-electron chi connectivity index (χ1n) is 10.6. The van der Waals surface area contributed by atoms with Gasteiger partial charge in [-0.05, 0) is 51.4 Å². The number of carbonyl (C=O) groups excluding carboxylic acids is 1. The molecule has 2 aliphatic rings. The number of aryl methyl sites for hydroxylation is 1. The Hall–Kier alpha value is -2.18. The Morgan fingerprint density at radius 3 is 2.90 bits per heavy atom. The molecule has 0 spiro atoms. The van der Waals surface area contributed by atoms with Gasteiger partial charge >= 0.3 is 5.97 Å². The van der Waals surface area contributed by atoms with Gasteiger partial charge in [-0.25, -0.2) is 0 Å². The van der Waals surface area contributed by atoms with Crippen LogP contribution in [0.2, 0.25) is 0 Å². The molecule has 0 saturated carbocycles. The Morgan fingerprint density at radius 1 is 1.28 bits per heavy atom. The van der Waals surface area contributed by atoms with Crippen LogP contribution in [0, 0.1) is 18.3 Å². The van der Waals surface area contributed by atoms with Crippen LogP contribution in [0.15, 0.2) is 41.2 Å². The van der Waals surface area contributed by atoms with Gasteiger partial charge in [0.25, 0.3) is 0 Å². The summed E-state index contributed by atoms with van der Waals surface area (Å²) in [5.41, 5.74) is 2.87. The highest BCUT2D eigenvalue weighted by molar-refractivity contribution is 5.78. The molecule has 0 aliphatic carbocycles. The second kappa shape index (κ2) is 8.67. The van der Waals surface area contributed by atoms with Crippen molar-refractivity contribution in [3.63, 3.8) is 0 Å². The van der Waals surface area contributed by atoms with Gasteiger partial charge in [0.15, 0.2) is 0 Å². The molecule has 6 nitrogen and oxygen atoms in total. The molecular weight excluding hydrogens is 366 g/mol. The van der Waals surface area contributed by atoms with Crippen LogP contribution >= 0.6 is 0 Å². The number of hydrogen-bond donors (Lipinski definition) is 0. The molecule has 2 aliphatic heterocycles. The number of pyridine rings is 1. The van der Waals surface area contributed by atoms with E-state index in [0.29, 0.717) is 6.61 Å². The summed E-state index contributed by atoms with van der Waals surface area (Å²) < 4.78 is 10.8. The maximum Gasteiger partial charge on any atom is 0.313 e. The highest BCUT2D eigenvalue weighted by Gasteiger charge is 2.53. The van der Waals surface area contributed by atoms with Gasteiger partial charge in [-0.1, -0.05) is 6.07 Å². The lowest BCUT2D eigenvalue weighted by atomic mass is 9.75. The van der Waals surface area contributed by atoms with Crippen LogP contribution in [-0.2, 0) is 22.6 Å². The number of furan rings is 1. The number of hydrogen-bond acceptors (Lipinski definition) is 6. The molecule has 156 valence electrons. The van der Waals surface area contributed by atoms with E-state index in [9.17, 15) is 4.79 Å². The molecule has 0 N–H and O–H groups in total. The molecule has 2 aromatic rings. The van der Waals surface area contributed by atoms with Gasteiger partial charge in [0.05, 0.1) is 30.2 Å². The van der Waals surface area contributed by atoms with Crippen molar-refractivity contribution in [3.8, 4) is 0 Å². The fraction of sp³-hybridized carbons (Fsp3) is 0.565. The first-order chi connectivity index (χ1) is 14.1. The number of carbonyl (C=O) groups is 1. The maximum absolute atomic E-state index is 13.1. The molecule has 2 atom stereocenters. The first-order valence-corrected chi connectivity index (χ1v) is 10.6. The summed E-state index contributed by atoms with van der Waals surface area (Å²) in [6.07, 6.45) is 5.43. The Bertz CT molecular complexity index is 823. The van der Waals surface area contributed by atoms with Crippen LogP contribution in [0.3, 0.4) is 0 Å². The Labute approximate surface area is 172 Å². The van der Waals surface area contributed by atoms with E-state index in [0.717, 1.165) is 63.5 Å². The van der Waals surface area contributed by atoms with Crippen molar-refractivity contribution in [2.75, 3.05) is 32.8 Å². The summed E-state index contributed by atoms with van der Waals surface area (Å²) in [4.78, 5) is 22.7. The molecule has 4 rings (SSSR count). The van der Waals surface area contributed by atoms with Gasteiger partial charge in [-0.2, -0.15) is 0 Å². The predicted octanol–water partition coefficient (Wildman–Crippen LogP) is 3.26. The van der Waals surface area contributed by atoms with Crippen LogP contribution in [-0.4, -0.2) is 53.5 Å². The third kappa shape index (κ3) is 4.38. The van der Waals surface area contributed by atoms with Crippen molar-refractivity contribution in [1.82, 2.24) is 14.8 Å². The second-order valence-electron chi connectivity index (χ2n) is 8.48. The number of fused-ring (bicyclic) bond motifs is 1. The monoisotopic (exact) mass is 397 g/mol. The summed E-state index contributed by atoms with van der Waals surface area (Å²) >= 11 is 0. The molecule has 4 heterocycles. The largest absolute Gasteiger partial charge is 0.472 e. The van der Waals surface area contributed by atoms with E-state index in [1.807, 2.05) is 32.2 Å². The first kappa shape index (κ1) is 20.1. The highest BCUT2D eigenvalue weighted by atomic mass is 16.5. The number of likely N-dealkylation sites (tertiary alicyclic amines) is 2. The van der Waals surface area contributed by atoms with E-state index in [1.54, 1.807) is 6.26 Å². The normalized spacial score (nSPS) is 25.5. The fourth-order valence-electron chi connectivity index (χ4n) is 5.05. The topological polar surface area (TPSA) is 58.8 Å². The van der Waals surface area contributed by atoms with Crippen molar-refractivity contribution >= 4 is 5.97 Å². The molecule has 0 amide bonds. The van der Waals surface area contributed by atoms with Crippen molar-refractivity contribution in [3.05, 3.63) is 53.7 Å². The van der Waals surface area contributed by atoms with E-state index < -0.39 is 5.41 Å². The zero-order chi connectivity index (χ0) is 20.3. The summed E-state index contributed by atoms with van der Waals surface area (Å²) in [6.45, 7) is 9.56. The van der Waals surface area contributed by atoms with Gasteiger partial charge in [-0.15, -0.1) is 0 Å². The molecule has 2 fully saturated rings. The molecular formula is C23H31N3O3. The molecule has 6 heteroatoms. The summed E-state index contributed by atoms with van der Waals surface area (Å²) in [5.74, 6) is 0.246. The number of nitrogens with zero attached hydrogens (tertiary/aromatic N) is 3. The van der Waals surface area contributed by atoms with Crippen molar-refractivity contribution in [1.29, 1.82) is 0 Å². The fourth-order valence-corrected chi connectivity index (χ4v) is 5.05. The lowest BCUT2D eigenvalue weighted by Gasteiger charge is -2.31. The van der Waals surface area contributed by atoms with Crippen LogP contribution < -0.4 is 0 Å². The predicted molar refractivity (Wildman–Crippen MR) is 110 cm³/mol. The molecule has 2 saturated heterocycles. The lowest BCUT2D eigenvalue weighted by Crippen LogP contribution is -2.42. The standard InChI is InChI=1S/C23H31N3O3/c1-3-29-22(27)23-9-5-10-25(12-19-8-11-28-16-19)13-20(23)14-26(17-23)15-21-7-4-6-18(2)24-21/h4,6-8,11,16,20H,3,5,9-10,12-15,17H2,1-2H3/t20-,23-/m0/s1. The maximum atomic E-state index is 13.1. The molecule has 0 bridgehead atoms. The number of ether oxygens (including phenoxy) is 1. The van der Waals surface area contributed by atoms with Gasteiger partial charge < -0.3 is 9.15 Å². The minimum absolute atomic E-state index is 0.0186. The van der Waals surface area contributed by atoms with Crippen molar-refractivity contribution in [2.45, 2.75) is 39.8 Å². The van der Waals surface area contributed by atoms with E-state index in [4.69, 9.17) is 9.15 Å². The van der Waals surface area contributed by atoms with E-state index in [2.05, 4.69) is 26.9 Å². The van der Waals surface area contributed by atoms with Gasteiger partial charge in [0, 0.05) is 49.9 Å². The number of esters is 1. The van der Waals surface area contributed by atoms with Crippen LogP contribution in [0.5, 0.6) is 0 Å². The summed E-state index contributed by atoms with van der Waals surface area (Å²) in [5, 5.41) is 0.